The van der Waals surface area contributed by atoms with Gasteiger partial charge in [0.15, 0.2) is 0 Å². The van der Waals surface area contributed by atoms with E-state index in [1.54, 1.807) is 0 Å². The number of aromatic nitrogens is 2. The topological polar surface area (TPSA) is 78.0 Å². The number of nitro groups is 1. The first-order valence-corrected chi connectivity index (χ1v) is 5.19. The normalized spacial score (nSPS) is 11.3. The summed E-state index contributed by atoms with van der Waals surface area (Å²) in [4.78, 5) is 20.7. The van der Waals surface area contributed by atoms with Gasteiger partial charge in [0, 0.05) is 17.8 Å². The fourth-order valence-electron chi connectivity index (χ4n) is 1.55. The highest BCUT2D eigenvalue weighted by Gasteiger charge is 2.32. The van der Waals surface area contributed by atoms with Crippen molar-refractivity contribution in [3.8, 4) is 5.69 Å². The first-order chi connectivity index (χ1) is 9.32. The molecule has 0 unspecified atom stereocenters. The minimum atomic E-state index is -4.59. The predicted octanol–water partition coefficient (Wildman–Crippen LogP) is 2.61. The van der Waals surface area contributed by atoms with Crippen molar-refractivity contribution < 1.29 is 22.9 Å². The van der Waals surface area contributed by atoms with Crippen molar-refractivity contribution in [3.63, 3.8) is 0 Å². The summed E-state index contributed by atoms with van der Waals surface area (Å²) >= 11 is 0. The Morgan fingerprint density at radius 3 is 2.55 bits per heavy atom. The van der Waals surface area contributed by atoms with Crippen molar-refractivity contribution in [1.82, 2.24) is 9.78 Å². The lowest BCUT2D eigenvalue weighted by molar-refractivity contribution is -0.384. The molecular formula is C11H6F3N3O3. The molecule has 6 nitrogen and oxygen atoms in total. The van der Waals surface area contributed by atoms with Gasteiger partial charge in [-0.2, -0.15) is 18.3 Å². The van der Waals surface area contributed by atoms with Gasteiger partial charge >= 0.3 is 6.18 Å². The van der Waals surface area contributed by atoms with Crippen LogP contribution in [0.15, 0.2) is 30.6 Å². The van der Waals surface area contributed by atoms with Crippen molar-refractivity contribution in [1.29, 1.82) is 0 Å². The Labute approximate surface area is 109 Å². The van der Waals surface area contributed by atoms with Crippen molar-refractivity contribution in [3.05, 3.63) is 51.8 Å². The molecule has 0 spiro atoms. The SMILES string of the molecule is O=Cc1ccc(-n2cc(C(F)(F)F)cn2)c([N+](=O)[O-])c1. The standard InChI is InChI=1S/C11H6F3N3O3/c12-11(13,14)8-4-15-16(5-8)9-2-1-7(6-18)3-10(9)17(19)20/h1-6H. The highest BCUT2D eigenvalue weighted by molar-refractivity contribution is 5.77. The lowest BCUT2D eigenvalue weighted by Crippen LogP contribution is -2.04. The summed E-state index contributed by atoms with van der Waals surface area (Å²) in [6.07, 6.45) is -2.98. The summed E-state index contributed by atoms with van der Waals surface area (Å²) in [5, 5.41) is 14.3. The first-order valence-electron chi connectivity index (χ1n) is 5.19. The van der Waals surface area contributed by atoms with Crippen molar-refractivity contribution in [2.24, 2.45) is 0 Å². The molecule has 1 aromatic heterocycles. The van der Waals surface area contributed by atoms with Crippen LogP contribution in [0.25, 0.3) is 5.69 Å². The highest BCUT2D eigenvalue weighted by Crippen LogP contribution is 2.30. The number of rotatable bonds is 3. The summed E-state index contributed by atoms with van der Waals surface area (Å²) in [5.74, 6) is 0. The number of benzene rings is 1. The molecule has 0 N–H and O–H groups in total. The lowest BCUT2D eigenvalue weighted by atomic mass is 10.2. The Kier molecular flexibility index (Phi) is 3.26. The number of aldehydes is 1. The van der Waals surface area contributed by atoms with Crippen LogP contribution in [0.2, 0.25) is 0 Å². The van der Waals surface area contributed by atoms with Crippen LogP contribution in [-0.4, -0.2) is 21.0 Å². The monoisotopic (exact) mass is 285 g/mol. The maximum Gasteiger partial charge on any atom is 0.419 e. The van der Waals surface area contributed by atoms with Crippen molar-refractivity contribution in [2.45, 2.75) is 6.18 Å². The van der Waals surface area contributed by atoms with Crippen LogP contribution >= 0.6 is 0 Å². The maximum absolute atomic E-state index is 12.5. The molecule has 2 rings (SSSR count). The molecule has 0 aliphatic carbocycles. The molecule has 104 valence electrons. The van der Waals surface area contributed by atoms with E-state index in [9.17, 15) is 28.1 Å². The fraction of sp³-hybridized carbons (Fsp3) is 0.0909. The van der Waals surface area contributed by atoms with Crippen molar-refractivity contribution >= 4 is 12.0 Å². The first kappa shape index (κ1) is 13.7. The summed E-state index contributed by atoms with van der Waals surface area (Å²) in [7, 11) is 0. The van der Waals surface area contributed by atoms with Crippen LogP contribution in [0, 0.1) is 10.1 Å². The molecule has 0 radical (unpaired) electrons. The van der Waals surface area contributed by atoms with E-state index in [0.29, 0.717) is 18.7 Å². The molecule has 0 amide bonds. The van der Waals surface area contributed by atoms with E-state index in [2.05, 4.69) is 5.10 Å². The van der Waals surface area contributed by atoms with Gasteiger partial charge < -0.3 is 0 Å². The minimum absolute atomic E-state index is 0.0450. The molecule has 9 heteroatoms. The number of carbonyl (C=O) groups is 1. The van der Waals surface area contributed by atoms with E-state index in [0.717, 1.165) is 16.8 Å². The van der Waals surface area contributed by atoms with Crippen LogP contribution in [0.4, 0.5) is 18.9 Å². The van der Waals surface area contributed by atoms with E-state index in [1.807, 2.05) is 0 Å². The number of hydrogen-bond acceptors (Lipinski definition) is 4. The summed E-state index contributed by atoms with van der Waals surface area (Å²) < 4.78 is 38.1. The second kappa shape index (κ2) is 4.76. The molecule has 0 saturated carbocycles. The van der Waals surface area contributed by atoms with Gasteiger partial charge in [-0.15, -0.1) is 0 Å². The van der Waals surface area contributed by atoms with E-state index >= 15 is 0 Å². The Morgan fingerprint density at radius 2 is 2.05 bits per heavy atom. The molecular weight excluding hydrogens is 279 g/mol. The van der Waals surface area contributed by atoms with Gasteiger partial charge in [0.25, 0.3) is 5.69 Å². The number of carbonyl (C=O) groups excluding carboxylic acids is 1. The summed E-state index contributed by atoms with van der Waals surface area (Å²) in [6, 6.07) is 3.39. The van der Waals surface area contributed by atoms with Gasteiger partial charge in [0.1, 0.15) is 12.0 Å². The minimum Gasteiger partial charge on any atom is -0.298 e. The molecule has 0 bridgehead atoms. The van der Waals surface area contributed by atoms with Crippen LogP contribution in [0.5, 0.6) is 0 Å². The zero-order valence-corrected chi connectivity index (χ0v) is 9.66. The van der Waals surface area contributed by atoms with Crippen molar-refractivity contribution in [2.75, 3.05) is 0 Å². The maximum atomic E-state index is 12.5. The van der Waals surface area contributed by atoms with Gasteiger partial charge in [-0.05, 0) is 12.1 Å². The third-order valence-electron chi connectivity index (χ3n) is 2.49. The van der Waals surface area contributed by atoms with Gasteiger partial charge in [-0.1, -0.05) is 0 Å². The summed E-state index contributed by atoms with van der Waals surface area (Å²) in [6.45, 7) is 0. The third-order valence-corrected chi connectivity index (χ3v) is 2.49. The van der Waals surface area contributed by atoms with E-state index in [-0.39, 0.29) is 11.3 Å². The quantitative estimate of drug-likeness (QED) is 0.493. The Balaban J connectivity index is 2.55. The average molecular weight is 285 g/mol. The fourth-order valence-corrected chi connectivity index (χ4v) is 1.55. The van der Waals surface area contributed by atoms with Gasteiger partial charge in [-0.25, -0.2) is 4.68 Å². The molecule has 0 atom stereocenters. The zero-order valence-electron chi connectivity index (χ0n) is 9.66. The van der Waals surface area contributed by atoms with Gasteiger partial charge in [0.05, 0.1) is 16.7 Å². The number of nitrogens with zero attached hydrogens (tertiary/aromatic N) is 3. The second-order valence-electron chi connectivity index (χ2n) is 3.79. The van der Waals surface area contributed by atoms with Gasteiger partial charge in [-0.3, -0.25) is 14.9 Å². The molecule has 2 aromatic rings. The number of hydrogen-bond donors (Lipinski definition) is 0. The van der Waals surface area contributed by atoms with E-state index in [4.69, 9.17) is 0 Å². The number of halogens is 3. The molecule has 1 heterocycles. The smallest absolute Gasteiger partial charge is 0.298 e. The van der Waals surface area contributed by atoms with Gasteiger partial charge in [0.2, 0.25) is 0 Å². The van der Waals surface area contributed by atoms with Crippen LogP contribution in [0.3, 0.4) is 0 Å². The molecule has 0 saturated heterocycles. The molecule has 0 aliphatic rings. The molecule has 0 fully saturated rings. The van der Waals surface area contributed by atoms with Crippen LogP contribution in [-0.2, 0) is 6.18 Å². The number of nitro benzene ring substituents is 1. The molecule has 20 heavy (non-hydrogen) atoms. The molecule has 1 aromatic carbocycles. The Bertz CT molecular complexity index is 679. The Hall–Kier alpha value is -2.71. The second-order valence-corrected chi connectivity index (χ2v) is 3.79. The number of alkyl halides is 3. The zero-order chi connectivity index (χ0) is 14.9. The Morgan fingerprint density at radius 1 is 1.35 bits per heavy atom. The average Bonchev–Trinajstić information content (AvgIpc) is 2.87. The third kappa shape index (κ3) is 2.51. The largest absolute Gasteiger partial charge is 0.419 e. The predicted molar refractivity (Wildman–Crippen MR) is 60.6 cm³/mol. The lowest BCUT2D eigenvalue weighted by Gasteiger charge is -2.04. The van der Waals surface area contributed by atoms with E-state index < -0.39 is 22.4 Å². The summed E-state index contributed by atoms with van der Waals surface area (Å²) in [5.41, 5.74) is -1.64. The van der Waals surface area contributed by atoms with Crippen LogP contribution < -0.4 is 0 Å². The van der Waals surface area contributed by atoms with Crippen LogP contribution in [0.1, 0.15) is 15.9 Å². The molecule has 0 aliphatic heterocycles. The highest BCUT2D eigenvalue weighted by atomic mass is 19.4. The van der Waals surface area contributed by atoms with E-state index in [1.165, 1.54) is 6.07 Å².